The Morgan fingerprint density at radius 2 is 1.69 bits per heavy atom. The summed E-state index contributed by atoms with van der Waals surface area (Å²) in [4.78, 5) is 22.2. The molecule has 0 N–H and O–H groups in total. The van der Waals surface area contributed by atoms with Gasteiger partial charge in [0.15, 0.2) is 5.13 Å². The number of morpholine rings is 1. The van der Waals surface area contributed by atoms with Gasteiger partial charge in [0.25, 0.3) is 5.91 Å². The predicted octanol–water partition coefficient (Wildman–Crippen LogP) is 5.82. The van der Waals surface area contributed by atoms with E-state index in [1.807, 2.05) is 48.5 Å². The highest BCUT2D eigenvalue weighted by Gasteiger charge is 2.22. The number of hydrogen-bond acceptors (Lipinski definition) is 5. The highest BCUT2D eigenvalue weighted by Crippen LogP contribution is 2.31. The van der Waals surface area contributed by atoms with Gasteiger partial charge in [0.05, 0.1) is 17.9 Å². The highest BCUT2D eigenvalue weighted by atomic mass is 35.5. The van der Waals surface area contributed by atoms with Crippen LogP contribution in [0, 0.1) is 5.82 Å². The van der Waals surface area contributed by atoms with Crippen LogP contribution in [-0.2, 0) is 11.2 Å². The summed E-state index contributed by atoms with van der Waals surface area (Å²) in [7, 11) is 0. The third-order valence-corrected chi connectivity index (χ3v) is 7.29. The minimum absolute atomic E-state index is 0. The first-order valence-corrected chi connectivity index (χ1v) is 12.8. The van der Waals surface area contributed by atoms with Crippen LogP contribution in [0.3, 0.4) is 0 Å². The van der Waals surface area contributed by atoms with Gasteiger partial charge in [-0.1, -0.05) is 59.9 Å². The predicted molar refractivity (Wildman–Crippen MR) is 146 cm³/mol. The minimum Gasteiger partial charge on any atom is -0.379 e. The van der Waals surface area contributed by atoms with Crippen molar-refractivity contribution in [3.05, 3.63) is 95.3 Å². The Kier molecular flexibility index (Phi) is 9.04. The molecule has 1 saturated heterocycles. The van der Waals surface area contributed by atoms with Gasteiger partial charge in [-0.05, 0) is 48.2 Å². The monoisotopic (exact) mass is 525 g/mol. The third kappa shape index (κ3) is 6.28. The molecule has 1 amide bonds. The van der Waals surface area contributed by atoms with Gasteiger partial charge in [-0.3, -0.25) is 14.6 Å². The second-order valence-electron chi connectivity index (χ2n) is 8.71. The van der Waals surface area contributed by atoms with Crippen molar-refractivity contribution in [2.24, 2.45) is 0 Å². The van der Waals surface area contributed by atoms with E-state index in [0.29, 0.717) is 22.8 Å². The molecular weight excluding hydrogens is 497 g/mol. The molecule has 0 unspecified atom stereocenters. The summed E-state index contributed by atoms with van der Waals surface area (Å²) in [6, 6.07) is 23.0. The molecule has 0 atom stereocenters. The number of amides is 1. The molecule has 3 aromatic carbocycles. The van der Waals surface area contributed by atoms with Crippen LogP contribution in [0.25, 0.3) is 10.2 Å². The first-order valence-electron chi connectivity index (χ1n) is 12.0. The van der Waals surface area contributed by atoms with Gasteiger partial charge in [-0.2, -0.15) is 0 Å². The molecule has 0 radical (unpaired) electrons. The Hall–Kier alpha value is -2.84. The van der Waals surface area contributed by atoms with Crippen molar-refractivity contribution in [2.75, 3.05) is 44.3 Å². The third-order valence-electron chi connectivity index (χ3n) is 6.25. The van der Waals surface area contributed by atoms with Crippen LogP contribution in [0.4, 0.5) is 9.52 Å². The van der Waals surface area contributed by atoms with Gasteiger partial charge in [0.1, 0.15) is 11.3 Å². The second kappa shape index (κ2) is 12.4. The van der Waals surface area contributed by atoms with E-state index in [2.05, 4.69) is 22.0 Å². The number of anilines is 1. The largest absolute Gasteiger partial charge is 0.379 e. The summed E-state index contributed by atoms with van der Waals surface area (Å²) in [5, 5.41) is 0.533. The van der Waals surface area contributed by atoms with Gasteiger partial charge in [-0.15, -0.1) is 12.4 Å². The minimum atomic E-state index is -0.365. The maximum atomic E-state index is 14.3. The molecule has 5 nitrogen and oxygen atoms in total. The van der Waals surface area contributed by atoms with Crippen molar-refractivity contribution in [1.29, 1.82) is 0 Å². The summed E-state index contributed by atoms with van der Waals surface area (Å²) in [6.07, 6.45) is 1.62. The first kappa shape index (κ1) is 26.2. The number of ether oxygens (including phenoxy) is 1. The molecule has 0 bridgehead atoms. The summed E-state index contributed by atoms with van der Waals surface area (Å²) >= 11 is 1.35. The maximum absolute atomic E-state index is 14.3. The van der Waals surface area contributed by atoms with Gasteiger partial charge < -0.3 is 4.74 Å². The normalized spacial score (nSPS) is 13.9. The van der Waals surface area contributed by atoms with Gasteiger partial charge in [0.2, 0.25) is 0 Å². The van der Waals surface area contributed by atoms with Crippen molar-refractivity contribution >= 4 is 45.0 Å². The van der Waals surface area contributed by atoms with Crippen LogP contribution < -0.4 is 4.90 Å². The maximum Gasteiger partial charge on any atom is 0.260 e. The molecule has 1 aliphatic heterocycles. The summed E-state index contributed by atoms with van der Waals surface area (Å²) in [6.45, 7) is 4.70. The fourth-order valence-corrected chi connectivity index (χ4v) is 5.34. The summed E-state index contributed by atoms with van der Waals surface area (Å²) in [5.74, 6) is -0.478. The first-order chi connectivity index (χ1) is 17.2. The van der Waals surface area contributed by atoms with E-state index in [-0.39, 0.29) is 24.1 Å². The van der Waals surface area contributed by atoms with E-state index in [4.69, 9.17) is 4.74 Å². The Morgan fingerprint density at radius 3 is 2.42 bits per heavy atom. The molecule has 188 valence electrons. The van der Waals surface area contributed by atoms with Crippen molar-refractivity contribution in [3.8, 4) is 0 Å². The van der Waals surface area contributed by atoms with E-state index in [9.17, 15) is 9.18 Å². The number of carbonyl (C=O) groups is 1. The number of rotatable bonds is 8. The van der Waals surface area contributed by atoms with E-state index in [0.717, 1.165) is 56.0 Å². The number of thiazole rings is 1. The molecule has 8 heteroatoms. The lowest BCUT2D eigenvalue weighted by Crippen LogP contribution is -2.39. The Balaban J connectivity index is 0.00000304. The SMILES string of the molecule is Cl.O=C(c1ccc(Cc2ccccc2)cc1)N(CCCN1CCOCC1)c1nc2c(F)cccc2s1. The van der Waals surface area contributed by atoms with Crippen molar-refractivity contribution in [1.82, 2.24) is 9.88 Å². The molecule has 1 fully saturated rings. The molecule has 2 heterocycles. The zero-order valence-corrected chi connectivity index (χ0v) is 21.6. The summed E-state index contributed by atoms with van der Waals surface area (Å²) < 4.78 is 20.5. The Bertz CT molecular complexity index is 1280. The Morgan fingerprint density at radius 1 is 0.972 bits per heavy atom. The summed E-state index contributed by atoms with van der Waals surface area (Å²) in [5.41, 5.74) is 3.30. The number of hydrogen-bond donors (Lipinski definition) is 0. The molecule has 1 aromatic heterocycles. The van der Waals surface area contributed by atoms with E-state index >= 15 is 0 Å². The molecule has 4 aromatic rings. The number of para-hydroxylation sites is 1. The number of fused-ring (bicyclic) bond motifs is 1. The number of nitrogens with zero attached hydrogens (tertiary/aromatic N) is 3. The van der Waals surface area contributed by atoms with Gasteiger partial charge >= 0.3 is 0 Å². The van der Waals surface area contributed by atoms with E-state index in [1.165, 1.54) is 23.0 Å². The zero-order chi connectivity index (χ0) is 24.0. The second-order valence-corrected chi connectivity index (χ2v) is 9.72. The fourth-order valence-electron chi connectivity index (χ4n) is 4.33. The average Bonchev–Trinajstić information content (AvgIpc) is 3.33. The van der Waals surface area contributed by atoms with Crippen molar-refractivity contribution < 1.29 is 13.9 Å². The van der Waals surface area contributed by atoms with Crippen LogP contribution in [0.5, 0.6) is 0 Å². The molecule has 36 heavy (non-hydrogen) atoms. The standard InChI is InChI=1S/C28H28FN3O2S.ClH/c29-24-8-4-9-25-26(24)30-28(35-25)32(15-5-14-31-16-18-34-19-17-31)27(33)23-12-10-22(11-13-23)20-21-6-2-1-3-7-21;/h1-4,6-13H,5,14-20H2;1H. The zero-order valence-electron chi connectivity index (χ0n) is 19.9. The molecule has 0 saturated carbocycles. The molecule has 0 aliphatic carbocycles. The lowest BCUT2D eigenvalue weighted by atomic mass is 10.0. The van der Waals surface area contributed by atoms with Gasteiger partial charge in [0, 0.05) is 31.7 Å². The quantitative estimate of drug-likeness (QED) is 0.291. The fraction of sp³-hybridized carbons (Fsp3) is 0.286. The number of carbonyl (C=O) groups excluding carboxylic acids is 1. The molecular formula is C28H29ClFN3O2S. The highest BCUT2D eigenvalue weighted by molar-refractivity contribution is 7.22. The van der Waals surface area contributed by atoms with E-state index < -0.39 is 0 Å². The number of halogens is 2. The topological polar surface area (TPSA) is 45.7 Å². The van der Waals surface area contributed by atoms with Crippen molar-refractivity contribution in [3.63, 3.8) is 0 Å². The van der Waals surface area contributed by atoms with Crippen LogP contribution >= 0.6 is 23.7 Å². The lowest BCUT2D eigenvalue weighted by molar-refractivity contribution is 0.0376. The van der Waals surface area contributed by atoms with Crippen molar-refractivity contribution in [2.45, 2.75) is 12.8 Å². The molecule has 5 rings (SSSR count). The average molecular weight is 526 g/mol. The number of benzene rings is 3. The van der Waals surface area contributed by atoms with Crippen LogP contribution in [0.2, 0.25) is 0 Å². The smallest absolute Gasteiger partial charge is 0.260 e. The van der Waals surface area contributed by atoms with E-state index in [1.54, 1.807) is 11.0 Å². The lowest BCUT2D eigenvalue weighted by Gasteiger charge is -2.27. The van der Waals surface area contributed by atoms with Crippen LogP contribution in [-0.4, -0.2) is 55.2 Å². The number of aromatic nitrogens is 1. The van der Waals surface area contributed by atoms with Crippen LogP contribution in [0.15, 0.2) is 72.8 Å². The molecule has 1 aliphatic rings. The van der Waals surface area contributed by atoms with Gasteiger partial charge in [-0.25, -0.2) is 9.37 Å². The molecule has 0 spiro atoms. The van der Waals surface area contributed by atoms with Crippen LogP contribution in [0.1, 0.15) is 27.9 Å². The Labute approximate surface area is 220 Å².